The molecule has 3 aromatic rings. The summed E-state index contributed by atoms with van der Waals surface area (Å²) in [5.74, 6) is -1.85. The van der Waals surface area contributed by atoms with Crippen LogP contribution in [-0.4, -0.2) is 53.0 Å². The third-order valence-corrected chi connectivity index (χ3v) is 8.06. The third-order valence-electron chi connectivity index (χ3n) is 7.16. The van der Waals surface area contributed by atoms with Crippen LogP contribution in [0, 0.1) is 11.6 Å². The molecule has 9 nitrogen and oxygen atoms in total. The van der Waals surface area contributed by atoms with Crippen LogP contribution in [0.2, 0.25) is 0 Å². The van der Waals surface area contributed by atoms with Crippen LogP contribution in [0.1, 0.15) is 48.2 Å². The molecule has 2 aromatic heterocycles. The van der Waals surface area contributed by atoms with Gasteiger partial charge in [-0.1, -0.05) is 11.3 Å². The van der Waals surface area contributed by atoms with Crippen LogP contribution in [0.5, 0.6) is 0 Å². The molecule has 0 bridgehead atoms. The second-order valence-electron chi connectivity index (χ2n) is 9.76. The molecule has 2 aliphatic heterocycles. The standard InChI is InChI=1S/C25H30F3N7O2S/c1-34-24(35-7-2-3-15(29)4-8-35)18(13-31-34)32-22(36)20-21(30)38-23(33-20)19-16(26)11-14(12-17(19)27)25(28)5-9-37-10-6-25/h11-13,15H,2-10,29-30H2,1H3,(H,32,36)/t15-/m1/s1. The van der Waals surface area contributed by atoms with E-state index in [1.165, 1.54) is 6.20 Å². The Morgan fingerprint density at radius 2 is 1.92 bits per heavy atom. The van der Waals surface area contributed by atoms with Crippen molar-refractivity contribution in [3.05, 3.63) is 41.2 Å². The van der Waals surface area contributed by atoms with Crippen LogP contribution in [-0.2, 0) is 17.5 Å². The SMILES string of the molecule is Cn1ncc(NC(=O)c2nc(-c3c(F)cc(C4(F)CCOCC4)cc3F)sc2N)c1N1CCC[C@@H](N)CC1. The van der Waals surface area contributed by atoms with Gasteiger partial charge >= 0.3 is 0 Å². The molecule has 13 heteroatoms. The first-order valence-corrected chi connectivity index (χ1v) is 13.3. The van der Waals surface area contributed by atoms with Crippen molar-refractivity contribution >= 4 is 33.8 Å². The maximum atomic E-state index is 15.3. The average molecular weight is 550 g/mol. The highest BCUT2D eigenvalue weighted by Gasteiger charge is 2.36. The van der Waals surface area contributed by atoms with Crippen LogP contribution in [0.4, 0.5) is 29.7 Å². The number of alkyl halides is 1. The average Bonchev–Trinajstić information content (AvgIpc) is 3.35. The molecular weight excluding hydrogens is 519 g/mol. The van der Waals surface area contributed by atoms with E-state index in [0.29, 0.717) is 12.2 Å². The van der Waals surface area contributed by atoms with Gasteiger partial charge in [0.2, 0.25) is 0 Å². The number of nitrogen functional groups attached to an aromatic ring is 1. The van der Waals surface area contributed by atoms with E-state index in [1.54, 1.807) is 11.7 Å². The molecule has 0 saturated carbocycles. The molecule has 204 valence electrons. The minimum absolute atomic E-state index is 0.00189. The summed E-state index contributed by atoms with van der Waals surface area (Å²) in [6, 6.07) is 2.09. The molecule has 2 fully saturated rings. The lowest BCUT2D eigenvalue weighted by Crippen LogP contribution is -2.29. The van der Waals surface area contributed by atoms with Crippen LogP contribution < -0.4 is 21.7 Å². The molecule has 1 amide bonds. The molecule has 2 saturated heterocycles. The van der Waals surface area contributed by atoms with E-state index >= 15 is 13.2 Å². The number of nitrogens with zero attached hydrogens (tertiary/aromatic N) is 4. The van der Waals surface area contributed by atoms with E-state index in [4.69, 9.17) is 16.2 Å². The van der Waals surface area contributed by atoms with Crippen molar-refractivity contribution in [1.82, 2.24) is 14.8 Å². The van der Waals surface area contributed by atoms with Gasteiger partial charge in [-0.25, -0.2) is 18.2 Å². The Hall–Kier alpha value is -3.16. The van der Waals surface area contributed by atoms with Crippen LogP contribution in [0.15, 0.2) is 18.3 Å². The highest BCUT2D eigenvalue weighted by molar-refractivity contribution is 7.19. The Morgan fingerprint density at radius 3 is 2.63 bits per heavy atom. The smallest absolute Gasteiger partial charge is 0.277 e. The Balaban J connectivity index is 1.39. The van der Waals surface area contributed by atoms with E-state index in [1.807, 2.05) is 0 Å². The zero-order chi connectivity index (χ0) is 27.0. The van der Waals surface area contributed by atoms with E-state index < -0.39 is 28.8 Å². The lowest BCUT2D eigenvalue weighted by molar-refractivity contribution is -0.0117. The van der Waals surface area contributed by atoms with Gasteiger partial charge in [0, 0.05) is 52.2 Å². The van der Waals surface area contributed by atoms with Gasteiger partial charge in [0.1, 0.15) is 33.0 Å². The fourth-order valence-electron chi connectivity index (χ4n) is 5.03. The number of carbonyl (C=O) groups is 1. The zero-order valence-electron chi connectivity index (χ0n) is 21.0. The number of thiazole rings is 1. The van der Waals surface area contributed by atoms with Gasteiger partial charge in [0.15, 0.2) is 11.5 Å². The first kappa shape index (κ1) is 26.4. The summed E-state index contributed by atoms with van der Waals surface area (Å²) in [7, 11) is 1.78. The number of anilines is 3. The normalized spacial score (nSPS) is 19.8. The number of amides is 1. The molecule has 1 atom stereocenters. The number of ether oxygens (including phenoxy) is 1. The number of nitrogens with two attached hydrogens (primary N) is 2. The van der Waals surface area contributed by atoms with Crippen molar-refractivity contribution in [3.63, 3.8) is 0 Å². The van der Waals surface area contributed by atoms with Crippen LogP contribution >= 0.6 is 11.3 Å². The van der Waals surface area contributed by atoms with Crippen molar-refractivity contribution in [3.8, 4) is 10.6 Å². The Labute approximate surface area is 222 Å². The minimum Gasteiger partial charge on any atom is -0.389 e. The molecule has 1 aromatic carbocycles. The number of carbonyl (C=O) groups excluding carboxylic acids is 1. The molecule has 5 rings (SSSR count). The van der Waals surface area contributed by atoms with Gasteiger partial charge in [0.05, 0.1) is 11.8 Å². The van der Waals surface area contributed by atoms with Crippen molar-refractivity contribution in [1.29, 1.82) is 0 Å². The second-order valence-corrected chi connectivity index (χ2v) is 10.8. The quantitative estimate of drug-likeness (QED) is 0.440. The summed E-state index contributed by atoms with van der Waals surface area (Å²) in [5.41, 5.74) is 10.1. The first-order chi connectivity index (χ1) is 18.2. The van der Waals surface area contributed by atoms with Crippen LogP contribution in [0.3, 0.4) is 0 Å². The van der Waals surface area contributed by atoms with Crippen LogP contribution in [0.25, 0.3) is 10.6 Å². The monoisotopic (exact) mass is 549 g/mol. The predicted molar refractivity (Wildman–Crippen MR) is 140 cm³/mol. The molecule has 0 radical (unpaired) electrons. The number of benzene rings is 1. The number of nitrogens with one attached hydrogen (secondary N) is 1. The molecule has 4 heterocycles. The van der Waals surface area contributed by atoms with Gasteiger partial charge in [0.25, 0.3) is 5.91 Å². The lowest BCUT2D eigenvalue weighted by Gasteiger charge is -2.30. The highest BCUT2D eigenvalue weighted by atomic mass is 32.1. The number of aromatic nitrogens is 3. The van der Waals surface area contributed by atoms with E-state index in [9.17, 15) is 4.79 Å². The minimum atomic E-state index is -1.87. The van der Waals surface area contributed by atoms with E-state index in [2.05, 4.69) is 20.3 Å². The number of halogens is 3. The second kappa shape index (κ2) is 10.5. The maximum Gasteiger partial charge on any atom is 0.277 e. The third kappa shape index (κ3) is 5.09. The van der Waals surface area contributed by atoms with Gasteiger partial charge < -0.3 is 26.4 Å². The van der Waals surface area contributed by atoms with Gasteiger partial charge in [-0.3, -0.25) is 9.48 Å². The van der Waals surface area contributed by atoms with Crippen molar-refractivity contribution in [2.24, 2.45) is 12.8 Å². The number of rotatable bonds is 5. The number of hydrogen-bond acceptors (Lipinski definition) is 8. The van der Waals surface area contributed by atoms with Gasteiger partial charge in [-0.05, 0) is 37.0 Å². The largest absolute Gasteiger partial charge is 0.389 e. The fraction of sp³-hybridized carbons (Fsp3) is 0.480. The summed E-state index contributed by atoms with van der Waals surface area (Å²) >= 11 is 0.783. The molecule has 0 unspecified atom stereocenters. The summed E-state index contributed by atoms with van der Waals surface area (Å²) in [4.78, 5) is 19.4. The Kier molecular flexibility index (Phi) is 7.34. The molecule has 2 aliphatic rings. The molecule has 0 spiro atoms. The Morgan fingerprint density at radius 1 is 1.21 bits per heavy atom. The fourth-order valence-corrected chi connectivity index (χ4v) is 5.91. The lowest BCUT2D eigenvalue weighted by atomic mass is 9.87. The summed E-state index contributed by atoms with van der Waals surface area (Å²) in [5, 5.41) is 6.96. The number of aryl methyl sites for hydroxylation is 1. The first-order valence-electron chi connectivity index (χ1n) is 12.5. The van der Waals surface area contributed by atoms with Crippen molar-refractivity contribution in [2.75, 3.05) is 42.3 Å². The maximum absolute atomic E-state index is 15.3. The summed E-state index contributed by atoms with van der Waals surface area (Å²) in [6.07, 6.45) is 4.20. The predicted octanol–water partition coefficient (Wildman–Crippen LogP) is 3.95. The molecule has 0 aliphatic carbocycles. The number of hydrogen-bond donors (Lipinski definition) is 3. The summed E-state index contributed by atoms with van der Waals surface area (Å²) < 4.78 is 52.3. The molecule has 38 heavy (non-hydrogen) atoms. The van der Waals surface area contributed by atoms with Gasteiger partial charge in [-0.2, -0.15) is 5.10 Å². The van der Waals surface area contributed by atoms with Crippen molar-refractivity contribution < 1.29 is 22.7 Å². The molecule has 5 N–H and O–H groups in total. The highest BCUT2D eigenvalue weighted by Crippen LogP contribution is 2.40. The Bertz CT molecular complexity index is 1320. The van der Waals surface area contributed by atoms with E-state index in [0.717, 1.165) is 55.1 Å². The van der Waals surface area contributed by atoms with Gasteiger partial charge in [-0.15, -0.1) is 0 Å². The summed E-state index contributed by atoms with van der Waals surface area (Å²) in [6.45, 7) is 1.83. The van der Waals surface area contributed by atoms with Crippen molar-refractivity contribution in [2.45, 2.75) is 43.8 Å². The van der Waals surface area contributed by atoms with E-state index in [-0.39, 0.29) is 53.4 Å². The zero-order valence-corrected chi connectivity index (χ0v) is 21.8. The molecular formula is C25H30F3N7O2S. The topological polar surface area (TPSA) is 124 Å².